The fraction of sp³-hybridized carbons (Fsp3) is 0.429. The molecule has 0 atom stereocenters. The molecule has 134 valence electrons. The molecule has 0 N–H and O–H groups in total. The maximum atomic E-state index is 11.4. The van der Waals surface area contributed by atoms with Gasteiger partial charge >= 0.3 is 0 Å². The Morgan fingerprint density at radius 3 is 1.50 bits per heavy atom. The molecule has 0 aliphatic heterocycles. The average molecular weight is 443 g/mol. The van der Waals surface area contributed by atoms with Crippen LogP contribution in [0.3, 0.4) is 0 Å². The lowest BCUT2D eigenvalue weighted by Gasteiger charge is -2.03. The Morgan fingerprint density at radius 1 is 0.792 bits per heavy atom. The largest absolute Gasteiger partial charge is 0.308 e. The normalized spacial score (nSPS) is 10.8. The monoisotopic (exact) mass is 442 g/mol. The molecule has 1 aromatic carbocycles. The molecular formula is C14H18O4S6. The summed E-state index contributed by atoms with van der Waals surface area (Å²) in [5, 5.41) is 0. The van der Waals surface area contributed by atoms with Crippen LogP contribution in [-0.4, -0.2) is 22.1 Å². The first kappa shape index (κ1) is 22.6. The Labute approximate surface area is 167 Å². The molecular weight excluding hydrogens is 425 g/mol. The zero-order valence-electron chi connectivity index (χ0n) is 13.2. The number of carbonyl (C=O) groups is 2. The molecule has 0 saturated carbocycles. The van der Waals surface area contributed by atoms with Gasteiger partial charge in [0.05, 0.1) is 37.3 Å². The summed E-state index contributed by atoms with van der Waals surface area (Å²) in [6.45, 7) is 4.75. The van der Waals surface area contributed by atoms with Crippen molar-refractivity contribution in [2.75, 3.05) is 13.2 Å². The van der Waals surface area contributed by atoms with E-state index in [9.17, 15) is 9.59 Å². The molecule has 0 aliphatic rings. The van der Waals surface area contributed by atoms with E-state index < -0.39 is 0 Å². The fourth-order valence-corrected chi connectivity index (χ4v) is 6.28. The van der Waals surface area contributed by atoms with Gasteiger partial charge < -0.3 is 8.37 Å². The van der Waals surface area contributed by atoms with E-state index in [0.717, 1.165) is 46.7 Å². The van der Waals surface area contributed by atoms with Crippen LogP contribution in [0.5, 0.6) is 0 Å². The highest BCUT2D eigenvalue weighted by Gasteiger charge is 2.07. The summed E-state index contributed by atoms with van der Waals surface area (Å²) in [4.78, 5) is 22.8. The summed E-state index contributed by atoms with van der Waals surface area (Å²) in [7, 11) is 5.38. The number of rotatable bonds is 10. The highest BCUT2D eigenvalue weighted by atomic mass is 33.1. The van der Waals surface area contributed by atoms with Crippen molar-refractivity contribution in [1.82, 2.24) is 0 Å². The van der Waals surface area contributed by atoms with Crippen molar-refractivity contribution in [1.29, 1.82) is 0 Å². The Bertz CT molecular complexity index is 452. The average Bonchev–Trinajstić information content (AvgIpc) is 2.59. The van der Waals surface area contributed by atoms with Crippen LogP contribution >= 0.6 is 67.3 Å². The third-order valence-corrected chi connectivity index (χ3v) is 8.47. The number of hydrogen-bond donors (Lipinski definition) is 0. The quantitative estimate of drug-likeness (QED) is 0.278. The zero-order chi connectivity index (χ0) is 17.6. The van der Waals surface area contributed by atoms with E-state index in [-0.39, 0.29) is 8.89 Å². The lowest BCUT2D eigenvalue weighted by molar-refractivity contribution is 0.274. The Morgan fingerprint density at radius 2 is 1.17 bits per heavy atom. The Kier molecular flexibility index (Phi) is 13.9. The Balaban J connectivity index is 2.21. The molecule has 10 heteroatoms. The maximum Gasteiger partial charge on any atom is 0.283 e. The molecule has 0 amide bonds. The molecule has 0 saturated heterocycles. The molecule has 0 spiro atoms. The molecule has 0 unspecified atom stereocenters. The van der Waals surface area contributed by atoms with Gasteiger partial charge in [0.2, 0.25) is 0 Å². The van der Waals surface area contributed by atoms with E-state index >= 15 is 0 Å². The van der Waals surface area contributed by atoms with Crippen molar-refractivity contribution >= 4 is 76.2 Å². The summed E-state index contributed by atoms with van der Waals surface area (Å²) >= 11 is 1.78. The highest BCUT2D eigenvalue weighted by molar-refractivity contribution is 8.85. The minimum absolute atomic E-state index is 0.0403. The van der Waals surface area contributed by atoms with Crippen LogP contribution in [0, 0.1) is 0 Å². The second kappa shape index (κ2) is 14.7. The summed E-state index contributed by atoms with van der Waals surface area (Å²) in [5.41, 5.74) is 2.32. The van der Waals surface area contributed by atoms with Gasteiger partial charge in [0, 0.05) is 11.5 Å². The predicted molar refractivity (Wildman–Crippen MR) is 113 cm³/mol. The van der Waals surface area contributed by atoms with Crippen molar-refractivity contribution in [3.05, 3.63) is 35.4 Å². The molecule has 24 heavy (non-hydrogen) atoms. The minimum Gasteiger partial charge on any atom is -0.308 e. The van der Waals surface area contributed by atoms with Crippen molar-refractivity contribution < 1.29 is 18.0 Å². The summed E-state index contributed by atoms with van der Waals surface area (Å²) in [6.07, 6.45) is 0. The molecule has 0 heterocycles. The van der Waals surface area contributed by atoms with Crippen LogP contribution in [0.1, 0.15) is 25.0 Å². The van der Waals surface area contributed by atoms with Gasteiger partial charge in [-0.1, -0.05) is 45.9 Å². The molecule has 4 nitrogen and oxygen atoms in total. The molecule has 0 bridgehead atoms. The van der Waals surface area contributed by atoms with Crippen LogP contribution in [0.4, 0.5) is 9.59 Å². The second-order valence-electron chi connectivity index (χ2n) is 3.99. The van der Waals surface area contributed by atoms with E-state index in [1.807, 2.05) is 38.1 Å². The molecule has 0 aliphatic carbocycles. The van der Waals surface area contributed by atoms with Crippen molar-refractivity contribution in [3.63, 3.8) is 0 Å². The fourth-order valence-electron chi connectivity index (χ4n) is 1.26. The lowest BCUT2D eigenvalue weighted by Crippen LogP contribution is -1.86. The summed E-state index contributed by atoms with van der Waals surface area (Å²) < 4.78 is 9.89. The van der Waals surface area contributed by atoms with Crippen molar-refractivity contribution in [2.45, 2.75) is 25.4 Å². The van der Waals surface area contributed by atoms with E-state index in [1.54, 1.807) is 0 Å². The summed E-state index contributed by atoms with van der Waals surface area (Å²) in [6, 6.07) is 8.19. The maximum absolute atomic E-state index is 11.4. The number of hydrogen-bond acceptors (Lipinski definition) is 10. The van der Waals surface area contributed by atoms with Crippen LogP contribution < -0.4 is 0 Å². The molecule has 0 aromatic heterocycles. The van der Waals surface area contributed by atoms with Crippen LogP contribution in [0.15, 0.2) is 24.3 Å². The third-order valence-electron chi connectivity index (χ3n) is 2.22. The molecule has 0 radical (unpaired) electrons. The Hall–Kier alpha value is 0.580. The summed E-state index contributed by atoms with van der Waals surface area (Å²) in [5.74, 6) is 1.52. The standard InChI is InChI=1S/C14H18O4S6/c1-3-17-21-13(15)23-19-9-11-5-7-12(8-6-11)10-20-24-14(16)22-18-4-2/h5-8H,3-4,9-10H2,1-2H3. The van der Waals surface area contributed by atoms with E-state index in [4.69, 9.17) is 8.37 Å². The van der Waals surface area contributed by atoms with Gasteiger partial charge in [-0.3, -0.25) is 9.59 Å². The number of benzene rings is 1. The SMILES string of the molecule is CCOSC(=O)SSCc1ccc(CSSC(=O)SOCC)cc1. The smallest absolute Gasteiger partial charge is 0.283 e. The molecule has 1 rings (SSSR count). The lowest BCUT2D eigenvalue weighted by atomic mass is 10.2. The third kappa shape index (κ3) is 11.2. The molecule has 0 fully saturated rings. The highest BCUT2D eigenvalue weighted by Crippen LogP contribution is 2.33. The second-order valence-corrected chi connectivity index (χ2v) is 10.6. The zero-order valence-corrected chi connectivity index (χ0v) is 18.1. The van der Waals surface area contributed by atoms with Gasteiger partial charge in [0.15, 0.2) is 0 Å². The van der Waals surface area contributed by atoms with Gasteiger partial charge in [-0.2, -0.15) is 0 Å². The topological polar surface area (TPSA) is 52.6 Å². The van der Waals surface area contributed by atoms with Crippen molar-refractivity contribution in [3.8, 4) is 0 Å². The van der Waals surface area contributed by atoms with Gasteiger partial charge in [-0.05, 0) is 46.6 Å². The van der Waals surface area contributed by atoms with Crippen LogP contribution in [-0.2, 0) is 19.9 Å². The van der Waals surface area contributed by atoms with E-state index in [0.29, 0.717) is 13.2 Å². The van der Waals surface area contributed by atoms with Gasteiger partial charge in [-0.25, -0.2) is 0 Å². The van der Waals surface area contributed by atoms with Gasteiger partial charge in [-0.15, -0.1) is 0 Å². The predicted octanol–water partition coefficient (Wildman–Crippen LogP) is 7.06. The number of carbonyl (C=O) groups excluding carboxylic acids is 2. The van der Waals surface area contributed by atoms with Crippen molar-refractivity contribution in [2.24, 2.45) is 0 Å². The van der Waals surface area contributed by atoms with E-state index in [2.05, 4.69) is 0 Å². The van der Waals surface area contributed by atoms with Gasteiger partial charge in [0.25, 0.3) is 8.89 Å². The molecule has 1 aromatic rings. The minimum atomic E-state index is -0.0403. The first-order chi connectivity index (χ1) is 11.7. The van der Waals surface area contributed by atoms with Gasteiger partial charge in [0.1, 0.15) is 0 Å². The first-order valence-electron chi connectivity index (χ1n) is 6.99. The first-order valence-corrected chi connectivity index (χ1v) is 13.1. The van der Waals surface area contributed by atoms with Crippen LogP contribution in [0.25, 0.3) is 0 Å². The van der Waals surface area contributed by atoms with E-state index in [1.165, 1.54) is 43.2 Å². The van der Waals surface area contributed by atoms with Crippen LogP contribution in [0.2, 0.25) is 0 Å².